The maximum Gasteiger partial charge on any atom is 0.139 e. The van der Waals surface area contributed by atoms with E-state index in [0.29, 0.717) is 43.0 Å². The Kier molecular flexibility index (Phi) is 9.10. The van der Waals surface area contributed by atoms with Crippen molar-refractivity contribution in [2.24, 2.45) is 10.9 Å². The van der Waals surface area contributed by atoms with Gasteiger partial charge in [0.2, 0.25) is 0 Å². The van der Waals surface area contributed by atoms with E-state index in [1.54, 1.807) is 30.5 Å². The minimum absolute atomic E-state index is 0.378. The van der Waals surface area contributed by atoms with Gasteiger partial charge in [-0.1, -0.05) is 45.2 Å². The zero-order valence-corrected chi connectivity index (χ0v) is 22.7. The van der Waals surface area contributed by atoms with E-state index in [4.69, 9.17) is 5.26 Å². The number of hydrogen-bond donors (Lipinski definition) is 1. The van der Waals surface area contributed by atoms with Crippen LogP contribution in [-0.2, 0) is 5.67 Å². The molecule has 0 amide bonds. The summed E-state index contributed by atoms with van der Waals surface area (Å²) in [5.41, 5.74) is 6.84. The molecule has 194 valence electrons. The lowest BCUT2D eigenvalue weighted by atomic mass is 9.85. The number of allylic oxidation sites excluding steroid dienone is 1. The number of nitriles is 1. The van der Waals surface area contributed by atoms with Gasteiger partial charge in [-0.3, -0.25) is 4.99 Å². The van der Waals surface area contributed by atoms with Crippen LogP contribution in [0.3, 0.4) is 0 Å². The van der Waals surface area contributed by atoms with Crippen LogP contribution >= 0.6 is 0 Å². The predicted octanol–water partition coefficient (Wildman–Crippen LogP) is 8.05. The minimum Gasteiger partial charge on any atom is -0.371 e. The van der Waals surface area contributed by atoms with Gasteiger partial charge in [-0.05, 0) is 79.8 Å². The molecular weight excluding hydrogens is 459 g/mol. The molecule has 1 aliphatic rings. The fourth-order valence-corrected chi connectivity index (χ4v) is 4.94. The number of anilines is 1. The maximum absolute atomic E-state index is 15.8. The molecule has 0 aliphatic carbocycles. The average Bonchev–Trinajstić information content (AvgIpc) is 2.88. The number of benzene rings is 2. The molecule has 37 heavy (non-hydrogen) atoms. The quantitative estimate of drug-likeness (QED) is 0.266. The van der Waals surface area contributed by atoms with Gasteiger partial charge in [0.1, 0.15) is 5.67 Å². The van der Waals surface area contributed by atoms with E-state index in [0.717, 1.165) is 52.2 Å². The fraction of sp³-hybridized carbons (Fsp3) is 0.375. The van der Waals surface area contributed by atoms with Gasteiger partial charge in [-0.15, -0.1) is 0 Å². The third kappa shape index (κ3) is 6.57. The van der Waals surface area contributed by atoms with Crippen LogP contribution in [0.4, 0.5) is 10.1 Å². The van der Waals surface area contributed by atoms with Crippen molar-refractivity contribution >= 4 is 18.1 Å². The van der Waals surface area contributed by atoms with Gasteiger partial charge in [-0.2, -0.15) is 5.26 Å². The fourth-order valence-electron chi connectivity index (χ4n) is 4.94. The summed E-state index contributed by atoms with van der Waals surface area (Å²) in [4.78, 5) is 6.17. The van der Waals surface area contributed by atoms with Gasteiger partial charge < -0.3 is 10.2 Å². The van der Waals surface area contributed by atoms with E-state index in [-0.39, 0.29) is 0 Å². The molecule has 2 aromatic rings. The summed E-state index contributed by atoms with van der Waals surface area (Å²) in [6.07, 6.45) is 4.47. The Morgan fingerprint density at radius 1 is 1.16 bits per heavy atom. The van der Waals surface area contributed by atoms with Gasteiger partial charge in [0.15, 0.2) is 0 Å². The predicted molar refractivity (Wildman–Crippen MR) is 154 cm³/mol. The summed E-state index contributed by atoms with van der Waals surface area (Å²) < 4.78 is 15.8. The van der Waals surface area contributed by atoms with Crippen LogP contribution in [0.15, 0.2) is 72.0 Å². The Labute approximate surface area is 221 Å². The highest BCUT2D eigenvalue weighted by Crippen LogP contribution is 2.40. The molecule has 0 spiro atoms. The monoisotopic (exact) mass is 498 g/mol. The number of piperidine rings is 1. The SMILES string of the molecule is C=N/C=C(\CCC(C)C)C(=C)Nc1ccc(C)c(C(=C)N2CCC(F)(c3ccc(C#N)cc3)CC2)c1C. The zero-order valence-electron chi connectivity index (χ0n) is 22.7. The molecule has 1 N–H and O–H groups in total. The molecule has 0 atom stereocenters. The second kappa shape index (κ2) is 12.1. The topological polar surface area (TPSA) is 51.4 Å². The number of nitrogens with zero attached hydrogens (tertiary/aromatic N) is 3. The summed E-state index contributed by atoms with van der Waals surface area (Å²) in [5.74, 6) is 0.585. The van der Waals surface area contributed by atoms with Gasteiger partial charge in [0.25, 0.3) is 0 Å². The van der Waals surface area contributed by atoms with E-state index in [9.17, 15) is 0 Å². The molecule has 0 saturated carbocycles. The molecule has 1 heterocycles. The van der Waals surface area contributed by atoms with E-state index in [1.807, 2.05) is 0 Å². The molecule has 1 aliphatic heterocycles. The van der Waals surface area contributed by atoms with Gasteiger partial charge in [0.05, 0.1) is 11.6 Å². The number of alkyl halides is 1. The first-order valence-electron chi connectivity index (χ1n) is 12.9. The van der Waals surface area contributed by atoms with Crippen molar-refractivity contribution in [3.05, 3.63) is 94.8 Å². The standard InChI is InChI=1S/C32H39FN4/c1-22(2)8-12-28(21-35-7)25(5)36-30-15-9-23(3)31(24(30)4)26(6)37-18-16-32(33,17-19-37)29-13-10-27(20-34)11-14-29/h9-11,13-15,21-22,36H,5-8,12,16-19H2,1-4H3/b28-21+. The Bertz CT molecular complexity index is 1220. The van der Waals surface area contributed by atoms with Crippen LogP contribution < -0.4 is 5.32 Å². The third-order valence-electron chi connectivity index (χ3n) is 7.34. The van der Waals surface area contributed by atoms with Crippen LogP contribution in [0.2, 0.25) is 0 Å². The highest BCUT2D eigenvalue weighted by atomic mass is 19.1. The van der Waals surface area contributed by atoms with E-state index in [2.05, 4.69) is 81.0 Å². The number of rotatable bonds is 10. The molecule has 1 fully saturated rings. The number of likely N-dealkylation sites (tertiary alicyclic amines) is 1. The van der Waals surface area contributed by atoms with Crippen molar-refractivity contribution in [1.82, 2.24) is 4.90 Å². The maximum atomic E-state index is 15.8. The molecule has 3 rings (SSSR count). The van der Waals surface area contributed by atoms with Crippen molar-refractivity contribution in [2.75, 3.05) is 18.4 Å². The number of aryl methyl sites for hydroxylation is 1. The zero-order chi connectivity index (χ0) is 27.2. The van der Waals surface area contributed by atoms with Gasteiger partial charge in [0, 0.05) is 54.8 Å². The second-order valence-corrected chi connectivity index (χ2v) is 10.4. The molecule has 0 radical (unpaired) electrons. The highest BCUT2D eigenvalue weighted by Gasteiger charge is 2.37. The molecule has 1 saturated heterocycles. The summed E-state index contributed by atoms with van der Waals surface area (Å²) in [6.45, 7) is 22.1. The normalized spacial score (nSPS) is 15.3. The van der Waals surface area contributed by atoms with Crippen LogP contribution in [-0.4, -0.2) is 24.7 Å². The second-order valence-electron chi connectivity index (χ2n) is 10.4. The molecule has 2 aromatic carbocycles. The van der Waals surface area contributed by atoms with Crippen LogP contribution in [0, 0.1) is 31.1 Å². The molecule has 0 unspecified atom stereocenters. The largest absolute Gasteiger partial charge is 0.371 e. The lowest BCUT2D eigenvalue weighted by molar-refractivity contribution is 0.0794. The van der Waals surface area contributed by atoms with Crippen molar-refractivity contribution in [3.63, 3.8) is 0 Å². The smallest absolute Gasteiger partial charge is 0.139 e. The molecule has 5 heteroatoms. The lowest BCUT2D eigenvalue weighted by Gasteiger charge is -2.39. The number of nitrogens with one attached hydrogen (secondary N) is 1. The summed E-state index contributed by atoms with van der Waals surface area (Å²) in [6, 6.07) is 13.1. The lowest BCUT2D eigenvalue weighted by Crippen LogP contribution is -2.39. The summed E-state index contributed by atoms with van der Waals surface area (Å²) >= 11 is 0. The first-order chi connectivity index (χ1) is 17.6. The number of hydrogen-bond acceptors (Lipinski definition) is 4. The molecule has 4 nitrogen and oxygen atoms in total. The van der Waals surface area contributed by atoms with E-state index in [1.165, 1.54) is 0 Å². The van der Waals surface area contributed by atoms with Gasteiger partial charge >= 0.3 is 0 Å². The Morgan fingerprint density at radius 2 is 1.81 bits per heavy atom. The summed E-state index contributed by atoms with van der Waals surface area (Å²) in [7, 11) is 0. The Hall–Kier alpha value is -3.65. The van der Waals surface area contributed by atoms with Crippen molar-refractivity contribution < 1.29 is 4.39 Å². The average molecular weight is 499 g/mol. The summed E-state index contributed by atoms with van der Waals surface area (Å²) in [5, 5.41) is 12.5. The highest BCUT2D eigenvalue weighted by molar-refractivity contribution is 5.74. The van der Waals surface area contributed by atoms with Gasteiger partial charge in [-0.25, -0.2) is 4.39 Å². The van der Waals surface area contributed by atoms with Crippen LogP contribution in [0.1, 0.15) is 67.3 Å². The minimum atomic E-state index is -1.39. The van der Waals surface area contributed by atoms with Crippen molar-refractivity contribution in [3.8, 4) is 6.07 Å². The number of aliphatic imine (C=N–C) groups is 1. The Morgan fingerprint density at radius 3 is 2.38 bits per heavy atom. The van der Waals surface area contributed by atoms with Crippen LogP contribution in [0.25, 0.3) is 5.70 Å². The first kappa shape index (κ1) is 27.9. The van der Waals surface area contributed by atoms with E-state index < -0.39 is 5.67 Å². The first-order valence-corrected chi connectivity index (χ1v) is 12.9. The van der Waals surface area contributed by atoms with E-state index >= 15 is 4.39 Å². The van der Waals surface area contributed by atoms with Crippen LogP contribution in [0.5, 0.6) is 0 Å². The Balaban J connectivity index is 1.76. The van der Waals surface area contributed by atoms with Crippen molar-refractivity contribution in [2.45, 2.75) is 59.0 Å². The third-order valence-corrected chi connectivity index (χ3v) is 7.34. The number of halogens is 1. The molecular formula is C32H39FN4. The van der Waals surface area contributed by atoms with Crippen molar-refractivity contribution in [1.29, 1.82) is 5.26 Å². The molecule has 0 bridgehead atoms. The molecule has 0 aromatic heterocycles.